The van der Waals surface area contributed by atoms with Gasteiger partial charge in [0, 0.05) is 11.5 Å². The molecular formula is C18H15N3O12S3. The summed E-state index contributed by atoms with van der Waals surface area (Å²) in [6.45, 7) is -0.942. The molecule has 15 nitrogen and oxygen atoms in total. The molecule has 18 heteroatoms. The minimum absolute atomic E-state index is 0.0366. The summed E-state index contributed by atoms with van der Waals surface area (Å²) in [6, 6.07) is 8.60. The van der Waals surface area contributed by atoms with Gasteiger partial charge >= 0.3 is 10.4 Å². The summed E-state index contributed by atoms with van der Waals surface area (Å²) in [7, 11) is -13.8. The van der Waals surface area contributed by atoms with Crippen LogP contribution in [0.25, 0.3) is 10.8 Å². The SMILES string of the molecule is O=[N+]([O-])c1cc(S(=O)(=O)CCOS(=O)(=O)O)ccc1/N=N/c1c(O)ccc2ccc(S(=O)(=O)O)cc12. The van der Waals surface area contributed by atoms with Gasteiger partial charge < -0.3 is 5.11 Å². The zero-order chi connectivity index (χ0) is 26.9. The Balaban J connectivity index is 2.03. The van der Waals surface area contributed by atoms with Crippen LogP contribution in [0.1, 0.15) is 0 Å². The minimum Gasteiger partial charge on any atom is -0.506 e. The average molecular weight is 562 g/mol. The first-order valence-electron chi connectivity index (χ1n) is 9.36. The topological polar surface area (TPSA) is 240 Å². The Labute approximate surface area is 203 Å². The fraction of sp³-hybridized carbons (Fsp3) is 0.111. The van der Waals surface area contributed by atoms with Gasteiger partial charge in [0.15, 0.2) is 15.5 Å². The molecule has 0 aliphatic carbocycles. The van der Waals surface area contributed by atoms with Crippen LogP contribution in [0.3, 0.4) is 0 Å². The zero-order valence-corrected chi connectivity index (χ0v) is 20.1. The van der Waals surface area contributed by atoms with E-state index < -0.39 is 74.6 Å². The van der Waals surface area contributed by atoms with Gasteiger partial charge in [0.1, 0.15) is 11.4 Å². The number of rotatable bonds is 9. The van der Waals surface area contributed by atoms with E-state index in [2.05, 4.69) is 14.4 Å². The van der Waals surface area contributed by atoms with Gasteiger partial charge in [0.05, 0.1) is 27.1 Å². The van der Waals surface area contributed by atoms with Crippen LogP contribution in [0.15, 0.2) is 68.6 Å². The third-order valence-electron chi connectivity index (χ3n) is 4.59. The highest BCUT2D eigenvalue weighted by molar-refractivity contribution is 7.91. The molecule has 0 spiro atoms. The monoisotopic (exact) mass is 561 g/mol. The number of hydrogen-bond donors (Lipinski definition) is 3. The molecule has 192 valence electrons. The zero-order valence-electron chi connectivity index (χ0n) is 17.6. The molecule has 0 saturated carbocycles. The van der Waals surface area contributed by atoms with Crippen LogP contribution in [0.4, 0.5) is 17.1 Å². The molecule has 0 aromatic heterocycles. The first-order chi connectivity index (χ1) is 16.6. The third kappa shape index (κ3) is 6.36. The maximum Gasteiger partial charge on any atom is 0.397 e. The quantitative estimate of drug-likeness (QED) is 0.148. The predicted molar refractivity (Wildman–Crippen MR) is 122 cm³/mol. The number of benzene rings is 3. The number of azo groups is 1. The Morgan fingerprint density at radius 2 is 1.53 bits per heavy atom. The van der Waals surface area contributed by atoms with Gasteiger partial charge in [-0.25, -0.2) is 12.6 Å². The second kappa shape index (κ2) is 9.84. The van der Waals surface area contributed by atoms with E-state index in [1.54, 1.807) is 0 Å². The maximum absolute atomic E-state index is 12.4. The van der Waals surface area contributed by atoms with Crippen LogP contribution in [-0.2, 0) is 34.5 Å². The Bertz CT molecular complexity index is 1720. The Hall–Kier alpha value is -3.55. The summed E-state index contributed by atoms with van der Waals surface area (Å²) in [5.41, 5.74) is -1.53. The molecule has 0 bridgehead atoms. The van der Waals surface area contributed by atoms with Crippen LogP contribution < -0.4 is 0 Å². The number of fused-ring (bicyclic) bond motifs is 1. The summed E-state index contributed by atoms with van der Waals surface area (Å²) in [5.74, 6) is -1.40. The average Bonchev–Trinajstić information content (AvgIpc) is 2.76. The van der Waals surface area contributed by atoms with Crippen molar-refractivity contribution in [3.63, 3.8) is 0 Å². The molecule has 0 radical (unpaired) electrons. The standard InChI is InChI=1S/C18H15N3O12S3/c22-17-6-2-11-1-3-13(35(27,28)29)9-14(11)18(17)20-19-15-5-4-12(10-16(15)21(23)24)34(25,26)8-7-33-36(30,31)32/h1-6,9-10,22H,7-8H2,(H,27,28,29)(H,30,31,32)/b20-19+. The largest absolute Gasteiger partial charge is 0.506 e. The van der Waals surface area contributed by atoms with Gasteiger partial charge in [0.2, 0.25) is 0 Å². The van der Waals surface area contributed by atoms with Gasteiger partial charge in [-0.1, -0.05) is 12.1 Å². The summed E-state index contributed by atoms with van der Waals surface area (Å²) < 4.78 is 90.5. The molecule has 0 fully saturated rings. The van der Waals surface area contributed by atoms with Crippen molar-refractivity contribution in [1.29, 1.82) is 0 Å². The second-order valence-electron chi connectivity index (χ2n) is 6.97. The third-order valence-corrected chi connectivity index (χ3v) is 7.58. The molecule has 0 aliphatic rings. The molecule has 0 saturated heterocycles. The lowest BCUT2D eigenvalue weighted by Crippen LogP contribution is -2.15. The van der Waals surface area contributed by atoms with Crippen LogP contribution in [0.5, 0.6) is 5.75 Å². The Morgan fingerprint density at radius 3 is 2.14 bits per heavy atom. The van der Waals surface area contributed by atoms with Gasteiger partial charge in [-0.15, -0.1) is 10.2 Å². The predicted octanol–water partition coefficient (Wildman–Crippen LogP) is 2.71. The molecule has 3 aromatic rings. The Morgan fingerprint density at radius 1 is 0.889 bits per heavy atom. The molecule has 36 heavy (non-hydrogen) atoms. The Kier molecular flexibility index (Phi) is 7.39. The fourth-order valence-electron chi connectivity index (χ4n) is 2.94. The molecule has 0 unspecified atom stereocenters. The number of aromatic hydroxyl groups is 1. The highest BCUT2D eigenvalue weighted by Gasteiger charge is 2.23. The number of nitrogens with zero attached hydrogens (tertiary/aromatic N) is 3. The van der Waals surface area contributed by atoms with E-state index in [9.17, 15) is 45.0 Å². The van der Waals surface area contributed by atoms with Crippen molar-refractivity contribution in [1.82, 2.24) is 0 Å². The molecular weight excluding hydrogens is 546 g/mol. The van der Waals surface area contributed by atoms with E-state index in [4.69, 9.17) is 4.55 Å². The molecule has 0 atom stereocenters. The van der Waals surface area contributed by atoms with E-state index in [0.29, 0.717) is 11.5 Å². The highest BCUT2D eigenvalue weighted by Crippen LogP contribution is 2.38. The van der Waals surface area contributed by atoms with Crippen molar-refractivity contribution in [2.75, 3.05) is 12.4 Å². The number of hydrogen-bond acceptors (Lipinski definition) is 12. The normalized spacial score (nSPS) is 12.8. The van der Waals surface area contributed by atoms with Crippen molar-refractivity contribution >= 4 is 58.2 Å². The minimum atomic E-state index is -4.89. The van der Waals surface area contributed by atoms with Crippen molar-refractivity contribution in [2.24, 2.45) is 10.2 Å². The lowest BCUT2D eigenvalue weighted by atomic mass is 10.1. The molecule has 3 rings (SSSR count). The van der Waals surface area contributed by atoms with Crippen LogP contribution in [0.2, 0.25) is 0 Å². The van der Waals surface area contributed by atoms with Crippen molar-refractivity contribution in [3.8, 4) is 5.75 Å². The van der Waals surface area contributed by atoms with Gasteiger partial charge in [-0.3, -0.25) is 19.2 Å². The van der Waals surface area contributed by atoms with Crippen LogP contribution in [0, 0.1) is 10.1 Å². The summed E-state index contributed by atoms with van der Waals surface area (Å²) in [4.78, 5) is 9.49. The number of phenols is 1. The summed E-state index contributed by atoms with van der Waals surface area (Å²) in [5, 5.41) is 29.6. The van der Waals surface area contributed by atoms with Crippen LogP contribution in [-0.4, -0.2) is 56.7 Å². The fourth-order valence-corrected chi connectivity index (χ4v) is 4.95. The van der Waals surface area contributed by atoms with Gasteiger partial charge in [-0.05, 0) is 35.7 Å². The van der Waals surface area contributed by atoms with Crippen molar-refractivity contribution < 1.29 is 48.6 Å². The maximum atomic E-state index is 12.4. The van der Waals surface area contributed by atoms with E-state index in [0.717, 1.165) is 24.3 Å². The molecule has 0 heterocycles. The lowest BCUT2D eigenvalue weighted by molar-refractivity contribution is -0.384. The summed E-state index contributed by atoms with van der Waals surface area (Å²) in [6.07, 6.45) is 0. The first kappa shape index (κ1) is 27.0. The van der Waals surface area contributed by atoms with Crippen LogP contribution >= 0.6 is 0 Å². The molecule has 3 N–H and O–H groups in total. The number of phenolic OH excluding ortho intramolecular Hbond substituents is 1. The van der Waals surface area contributed by atoms with E-state index in [-0.39, 0.29) is 11.1 Å². The number of sulfone groups is 1. The van der Waals surface area contributed by atoms with Crippen molar-refractivity contribution in [2.45, 2.75) is 9.79 Å². The van der Waals surface area contributed by atoms with Gasteiger partial charge in [0.25, 0.3) is 15.8 Å². The highest BCUT2D eigenvalue weighted by atomic mass is 32.3. The van der Waals surface area contributed by atoms with Gasteiger partial charge in [-0.2, -0.15) is 16.8 Å². The summed E-state index contributed by atoms with van der Waals surface area (Å²) >= 11 is 0. The molecule has 0 aliphatic heterocycles. The van der Waals surface area contributed by atoms with Crippen molar-refractivity contribution in [3.05, 3.63) is 58.6 Å². The first-order valence-corrected chi connectivity index (χ1v) is 13.8. The van der Waals surface area contributed by atoms with E-state index in [1.165, 1.54) is 18.2 Å². The number of nitro groups is 1. The van der Waals surface area contributed by atoms with E-state index >= 15 is 0 Å². The lowest BCUT2D eigenvalue weighted by Gasteiger charge is -2.07. The smallest absolute Gasteiger partial charge is 0.397 e. The second-order valence-corrected chi connectivity index (χ2v) is 11.6. The molecule has 0 amide bonds. The number of nitro benzene ring substituents is 1. The molecule has 3 aromatic carbocycles. The van der Waals surface area contributed by atoms with E-state index in [1.807, 2.05) is 0 Å².